The third-order valence-electron chi connectivity index (χ3n) is 4.23. The molecule has 2 aliphatic rings. The average Bonchev–Trinajstić information content (AvgIpc) is 2.36. The Morgan fingerprint density at radius 1 is 1.37 bits per heavy atom. The van der Waals surface area contributed by atoms with E-state index in [9.17, 15) is 0 Å². The van der Waals surface area contributed by atoms with Gasteiger partial charge in [-0.3, -0.25) is 0 Å². The summed E-state index contributed by atoms with van der Waals surface area (Å²) in [6.45, 7) is 8.79. The van der Waals surface area contributed by atoms with Gasteiger partial charge in [-0.05, 0) is 38.3 Å². The lowest BCUT2D eigenvalue weighted by Gasteiger charge is -2.41. The molecule has 1 fully saturated rings. The molecule has 0 amide bonds. The molecular formula is C16H24N2O. The molecule has 0 aliphatic carbocycles. The highest BCUT2D eigenvalue weighted by molar-refractivity contribution is 5.63. The molecule has 1 N–H and O–H groups in total. The molecule has 0 aromatic heterocycles. The lowest BCUT2D eigenvalue weighted by atomic mass is 9.99. The van der Waals surface area contributed by atoms with E-state index in [1.807, 2.05) is 0 Å². The maximum absolute atomic E-state index is 6.05. The lowest BCUT2D eigenvalue weighted by molar-refractivity contribution is 0.0377. The van der Waals surface area contributed by atoms with Gasteiger partial charge in [0, 0.05) is 31.6 Å². The zero-order chi connectivity index (χ0) is 13.2. The minimum Gasteiger partial charge on any atom is -0.491 e. The minimum absolute atomic E-state index is 0.669. The summed E-state index contributed by atoms with van der Waals surface area (Å²) >= 11 is 0. The second-order valence-electron chi connectivity index (χ2n) is 6.05. The molecule has 19 heavy (non-hydrogen) atoms. The fourth-order valence-corrected chi connectivity index (χ4v) is 2.94. The van der Waals surface area contributed by atoms with Crippen molar-refractivity contribution in [1.29, 1.82) is 0 Å². The Balaban J connectivity index is 1.56. The van der Waals surface area contributed by atoms with Crippen molar-refractivity contribution in [3.63, 3.8) is 0 Å². The van der Waals surface area contributed by atoms with Crippen LogP contribution in [0, 0.1) is 5.92 Å². The van der Waals surface area contributed by atoms with Crippen LogP contribution >= 0.6 is 0 Å². The first-order valence-corrected chi connectivity index (χ1v) is 7.46. The van der Waals surface area contributed by atoms with Crippen LogP contribution in [-0.2, 0) is 6.42 Å². The Bertz CT molecular complexity index is 438. The van der Waals surface area contributed by atoms with E-state index in [0.717, 1.165) is 18.9 Å². The second kappa shape index (κ2) is 5.41. The number of fused-ring (bicyclic) bond motifs is 1. The van der Waals surface area contributed by atoms with Gasteiger partial charge < -0.3 is 15.0 Å². The fourth-order valence-electron chi connectivity index (χ4n) is 2.94. The number of hydrogen-bond donors (Lipinski definition) is 1. The number of nitrogens with zero attached hydrogens (tertiary/aromatic N) is 1. The molecular weight excluding hydrogens is 236 g/mol. The van der Waals surface area contributed by atoms with Gasteiger partial charge in [-0.25, -0.2) is 0 Å². The number of aryl methyl sites for hydroxylation is 1. The van der Waals surface area contributed by atoms with Crippen LogP contribution in [0.3, 0.4) is 0 Å². The highest BCUT2D eigenvalue weighted by Gasteiger charge is 2.29. The largest absolute Gasteiger partial charge is 0.491 e. The van der Waals surface area contributed by atoms with E-state index < -0.39 is 0 Å². The maximum atomic E-state index is 6.05. The molecule has 0 spiro atoms. The summed E-state index contributed by atoms with van der Waals surface area (Å²) in [6.07, 6.45) is 2.40. The molecule has 1 aromatic rings. The molecule has 0 bridgehead atoms. The number of rotatable bonds is 4. The van der Waals surface area contributed by atoms with E-state index in [0.29, 0.717) is 12.0 Å². The molecule has 0 radical (unpaired) electrons. The number of para-hydroxylation sites is 1. The average molecular weight is 260 g/mol. The Morgan fingerprint density at radius 2 is 2.21 bits per heavy atom. The van der Waals surface area contributed by atoms with Crippen LogP contribution in [0.5, 0.6) is 5.75 Å². The van der Waals surface area contributed by atoms with Gasteiger partial charge in [0.1, 0.15) is 5.75 Å². The van der Waals surface area contributed by atoms with Crippen molar-refractivity contribution in [2.24, 2.45) is 5.92 Å². The number of hydrogen-bond acceptors (Lipinski definition) is 3. The predicted molar refractivity (Wildman–Crippen MR) is 78.9 cm³/mol. The molecule has 0 atom stereocenters. The van der Waals surface area contributed by atoms with Gasteiger partial charge in [0.2, 0.25) is 0 Å². The highest BCUT2D eigenvalue weighted by Crippen LogP contribution is 2.32. The number of likely N-dealkylation sites (tertiary alicyclic amines) is 1. The summed E-state index contributed by atoms with van der Waals surface area (Å²) in [6, 6.07) is 7.08. The van der Waals surface area contributed by atoms with Crippen LogP contribution in [0.1, 0.15) is 25.8 Å². The molecule has 1 aromatic carbocycles. The van der Waals surface area contributed by atoms with Crippen LogP contribution in [-0.4, -0.2) is 37.2 Å². The van der Waals surface area contributed by atoms with Gasteiger partial charge >= 0.3 is 0 Å². The predicted octanol–water partition coefficient (Wildman–Crippen LogP) is 2.76. The normalized spacial score (nSPS) is 19.7. The van der Waals surface area contributed by atoms with Crippen LogP contribution in [0.4, 0.5) is 5.69 Å². The van der Waals surface area contributed by atoms with Crippen LogP contribution in [0.25, 0.3) is 0 Å². The summed E-state index contributed by atoms with van der Waals surface area (Å²) in [5, 5.41) is 3.48. The quantitative estimate of drug-likeness (QED) is 0.901. The van der Waals surface area contributed by atoms with Crippen molar-refractivity contribution in [3.05, 3.63) is 23.8 Å². The third-order valence-corrected chi connectivity index (χ3v) is 4.23. The van der Waals surface area contributed by atoms with E-state index in [4.69, 9.17) is 4.74 Å². The molecule has 3 heteroatoms. The number of benzene rings is 1. The molecule has 2 heterocycles. The summed E-state index contributed by atoms with van der Waals surface area (Å²) < 4.78 is 6.05. The third kappa shape index (κ3) is 2.71. The Labute approximate surface area is 115 Å². The number of nitrogens with one attached hydrogen (secondary N) is 1. The van der Waals surface area contributed by atoms with Crippen molar-refractivity contribution in [2.75, 3.05) is 31.6 Å². The molecule has 1 saturated heterocycles. The van der Waals surface area contributed by atoms with E-state index in [-0.39, 0.29) is 0 Å². The second-order valence-corrected chi connectivity index (χ2v) is 6.05. The van der Waals surface area contributed by atoms with Gasteiger partial charge in [-0.2, -0.15) is 0 Å². The standard InChI is InChI=1S/C16H24N2O/c1-12(2)18-9-13(10-18)11-19-15-7-3-5-14-6-4-8-17-16(14)15/h3,5,7,12-13,17H,4,6,8-11H2,1-2H3. The summed E-state index contributed by atoms with van der Waals surface area (Å²) in [7, 11) is 0. The molecule has 0 saturated carbocycles. The van der Waals surface area contributed by atoms with Crippen LogP contribution in [0.15, 0.2) is 18.2 Å². The smallest absolute Gasteiger partial charge is 0.142 e. The van der Waals surface area contributed by atoms with Crippen molar-refractivity contribution in [2.45, 2.75) is 32.7 Å². The Hall–Kier alpha value is -1.22. The first kappa shape index (κ1) is 12.8. The van der Waals surface area contributed by atoms with Crippen LogP contribution in [0.2, 0.25) is 0 Å². The first-order chi connectivity index (χ1) is 9.24. The van der Waals surface area contributed by atoms with Crippen molar-refractivity contribution >= 4 is 5.69 Å². The monoisotopic (exact) mass is 260 g/mol. The Morgan fingerprint density at radius 3 is 3.00 bits per heavy atom. The van der Waals surface area contributed by atoms with E-state index in [1.54, 1.807) is 0 Å². The van der Waals surface area contributed by atoms with Gasteiger partial charge in [0.05, 0.1) is 12.3 Å². The van der Waals surface area contributed by atoms with Gasteiger partial charge in [-0.1, -0.05) is 12.1 Å². The van der Waals surface area contributed by atoms with Crippen molar-refractivity contribution in [1.82, 2.24) is 4.90 Å². The summed E-state index contributed by atoms with van der Waals surface area (Å²) in [5.41, 5.74) is 2.63. The number of anilines is 1. The van der Waals surface area contributed by atoms with Crippen molar-refractivity contribution in [3.8, 4) is 5.75 Å². The van der Waals surface area contributed by atoms with Gasteiger partial charge in [0.25, 0.3) is 0 Å². The van der Waals surface area contributed by atoms with E-state index in [1.165, 1.54) is 37.2 Å². The zero-order valence-electron chi connectivity index (χ0n) is 12.0. The molecule has 3 nitrogen and oxygen atoms in total. The molecule has 2 aliphatic heterocycles. The summed E-state index contributed by atoms with van der Waals surface area (Å²) in [4.78, 5) is 2.49. The van der Waals surface area contributed by atoms with Crippen LogP contribution < -0.4 is 10.1 Å². The highest BCUT2D eigenvalue weighted by atomic mass is 16.5. The van der Waals surface area contributed by atoms with E-state index in [2.05, 4.69) is 42.3 Å². The number of ether oxygens (including phenoxy) is 1. The molecule has 3 rings (SSSR count). The Kier molecular flexibility index (Phi) is 3.65. The van der Waals surface area contributed by atoms with Gasteiger partial charge in [0.15, 0.2) is 0 Å². The summed E-state index contributed by atoms with van der Waals surface area (Å²) in [5.74, 6) is 1.74. The fraction of sp³-hybridized carbons (Fsp3) is 0.625. The van der Waals surface area contributed by atoms with E-state index >= 15 is 0 Å². The zero-order valence-corrected chi connectivity index (χ0v) is 12.0. The SMILES string of the molecule is CC(C)N1CC(COc2cccc3c2NCCC3)C1. The topological polar surface area (TPSA) is 24.5 Å². The molecule has 0 unspecified atom stereocenters. The lowest BCUT2D eigenvalue weighted by Crippen LogP contribution is -2.52. The minimum atomic E-state index is 0.669. The maximum Gasteiger partial charge on any atom is 0.142 e. The van der Waals surface area contributed by atoms with Gasteiger partial charge in [-0.15, -0.1) is 0 Å². The first-order valence-electron chi connectivity index (χ1n) is 7.46. The molecule has 104 valence electrons. The van der Waals surface area contributed by atoms with Crippen molar-refractivity contribution < 1.29 is 4.74 Å².